The third-order valence-electron chi connectivity index (χ3n) is 4.09. The number of hydrogen-bond donors (Lipinski definition) is 1. The molecule has 1 saturated heterocycles. The lowest BCUT2D eigenvalue weighted by atomic mass is 10.2. The molecule has 2 heterocycles. The zero-order chi connectivity index (χ0) is 14.8. The summed E-state index contributed by atoms with van der Waals surface area (Å²) in [6, 6.07) is 8.28. The van der Waals surface area contributed by atoms with E-state index in [4.69, 9.17) is 0 Å². The molecule has 0 unspecified atom stereocenters. The largest absolute Gasteiger partial charge is 0.337 e. The fraction of sp³-hybridized carbons (Fsp3) is 0.375. The predicted octanol–water partition coefficient (Wildman–Crippen LogP) is 1.61. The topological polar surface area (TPSA) is 50.2 Å². The summed E-state index contributed by atoms with van der Waals surface area (Å²) in [5.41, 5.74) is 2.77. The summed E-state index contributed by atoms with van der Waals surface area (Å²) in [5, 5.41) is 7.61. The first kappa shape index (κ1) is 13.8. The van der Waals surface area contributed by atoms with Crippen molar-refractivity contribution in [3.63, 3.8) is 0 Å². The van der Waals surface area contributed by atoms with E-state index in [-0.39, 0.29) is 11.9 Å². The number of amides is 1. The molecular formula is C16H20N4O. The van der Waals surface area contributed by atoms with Crippen molar-refractivity contribution in [2.75, 3.05) is 20.1 Å². The molecule has 2 aromatic rings. The Morgan fingerprint density at radius 2 is 2.24 bits per heavy atom. The van der Waals surface area contributed by atoms with Crippen LogP contribution in [0.25, 0.3) is 5.69 Å². The molecule has 1 aromatic heterocycles. The average Bonchev–Trinajstić information content (AvgIpc) is 3.17. The number of rotatable bonds is 3. The van der Waals surface area contributed by atoms with Crippen molar-refractivity contribution in [1.29, 1.82) is 0 Å². The number of para-hydroxylation sites is 1. The zero-order valence-corrected chi connectivity index (χ0v) is 12.4. The van der Waals surface area contributed by atoms with Crippen molar-refractivity contribution in [1.82, 2.24) is 20.0 Å². The number of likely N-dealkylation sites (N-methyl/N-ethyl adjacent to an activating group) is 1. The zero-order valence-electron chi connectivity index (χ0n) is 12.4. The molecule has 0 saturated carbocycles. The van der Waals surface area contributed by atoms with Gasteiger partial charge in [-0.05, 0) is 31.5 Å². The normalized spacial score (nSPS) is 17.9. The van der Waals surface area contributed by atoms with Crippen molar-refractivity contribution in [3.8, 4) is 5.69 Å². The second kappa shape index (κ2) is 5.69. The monoisotopic (exact) mass is 284 g/mol. The Balaban J connectivity index is 1.81. The van der Waals surface area contributed by atoms with Gasteiger partial charge in [-0.25, -0.2) is 4.68 Å². The number of nitrogens with zero attached hydrogens (tertiary/aromatic N) is 3. The number of carbonyl (C=O) groups is 1. The molecule has 3 rings (SSSR count). The number of nitrogens with one attached hydrogen (secondary N) is 1. The van der Waals surface area contributed by atoms with Crippen LogP contribution in [0.15, 0.2) is 36.7 Å². The van der Waals surface area contributed by atoms with Crippen LogP contribution in [0.4, 0.5) is 0 Å². The summed E-state index contributed by atoms with van der Waals surface area (Å²) in [6.07, 6.45) is 4.46. The molecule has 0 radical (unpaired) electrons. The number of hydrogen-bond acceptors (Lipinski definition) is 3. The van der Waals surface area contributed by atoms with E-state index >= 15 is 0 Å². The van der Waals surface area contributed by atoms with E-state index in [0.29, 0.717) is 5.56 Å². The van der Waals surface area contributed by atoms with Crippen LogP contribution in [0, 0.1) is 6.92 Å². The Morgan fingerprint density at radius 1 is 1.43 bits per heavy atom. The quantitative estimate of drug-likeness (QED) is 0.931. The van der Waals surface area contributed by atoms with E-state index in [1.807, 2.05) is 49.3 Å². The van der Waals surface area contributed by atoms with Crippen molar-refractivity contribution in [2.45, 2.75) is 19.4 Å². The third-order valence-corrected chi connectivity index (χ3v) is 4.09. The lowest BCUT2D eigenvalue weighted by molar-refractivity contribution is 0.0744. The Hall–Kier alpha value is -2.14. The average molecular weight is 284 g/mol. The number of carbonyl (C=O) groups excluding carboxylic acids is 1. The standard InChI is InChI=1S/C16H20N4O/c1-12-5-3-4-6-15(12)20-11-13(9-18-20)16(21)19(2)14-7-8-17-10-14/h3-6,9,11,14,17H,7-8,10H2,1-2H3/t14-/m1/s1. The Kier molecular flexibility index (Phi) is 3.75. The first-order chi connectivity index (χ1) is 10.2. The van der Waals surface area contributed by atoms with Gasteiger partial charge in [-0.1, -0.05) is 18.2 Å². The third kappa shape index (κ3) is 2.69. The molecule has 21 heavy (non-hydrogen) atoms. The Bertz CT molecular complexity index is 643. The van der Waals surface area contributed by atoms with Gasteiger partial charge in [-0.3, -0.25) is 4.79 Å². The summed E-state index contributed by atoms with van der Waals surface area (Å²) in [5.74, 6) is 0.0311. The summed E-state index contributed by atoms with van der Waals surface area (Å²) in [6.45, 7) is 3.88. The van der Waals surface area contributed by atoms with Crippen molar-refractivity contribution in [3.05, 3.63) is 47.8 Å². The molecule has 1 amide bonds. The molecule has 5 heteroatoms. The van der Waals surface area contributed by atoms with Crippen LogP contribution in [0.1, 0.15) is 22.3 Å². The minimum Gasteiger partial charge on any atom is -0.337 e. The molecule has 0 spiro atoms. The molecule has 0 aliphatic carbocycles. The molecule has 110 valence electrons. The van der Waals surface area contributed by atoms with E-state index < -0.39 is 0 Å². The minimum atomic E-state index is 0.0311. The van der Waals surface area contributed by atoms with Crippen molar-refractivity contribution < 1.29 is 4.79 Å². The summed E-state index contributed by atoms with van der Waals surface area (Å²) in [7, 11) is 1.87. The second-order valence-corrected chi connectivity index (χ2v) is 5.52. The molecule has 5 nitrogen and oxygen atoms in total. The predicted molar refractivity (Wildman–Crippen MR) is 81.7 cm³/mol. The van der Waals surface area contributed by atoms with E-state index in [2.05, 4.69) is 10.4 Å². The summed E-state index contributed by atoms with van der Waals surface area (Å²) >= 11 is 0. The van der Waals surface area contributed by atoms with Gasteiger partial charge in [-0.15, -0.1) is 0 Å². The van der Waals surface area contributed by atoms with Crippen LogP contribution in [-0.2, 0) is 0 Å². The molecule has 1 atom stereocenters. The van der Waals surface area contributed by atoms with E-state index in [1.54, 1.807) is 10.9 Å². The summed E-state index contributed by atoms with van der Waals surface area (Å²) in [4.78, 5) is 14.3. The Morgan fingerprint density at radius 3 is 2.95 bits per heavy atom. The van der Waals surface area contributed by atoms with Crippen LogP contribution < -0.4 is 5.32 Å². The maximum Gasteiger partial charge on any atom is 0.257 e. The Labute approximate surface area is 124 Å². The van der Waals surface area contributed by atoms with Gasteiger partial charge < -0.3 is 10.2 Å². The molecule has 1 aliphatic heterocycles. The number of aryl methyl sites for hydroxylation is 1. The van der Waals surface area contributed by atoms with Crippen molar-refractivity contribution >= 4 is 5.91 Å². The molecule has 1 aromatic carbocycles. The molecule has 0 bridgehead atoms. The van der Waals surface area contributed by atoms with Gasteiger partial charge in [0, 0.05) is 25.8 Å². The maximum atomic E-state index is 12.5. The fourth-order valence-electron chi connectivity index (χ4n) is 2.72. The van der Waals surface area contributed by atoms with E-state index in [0.717, 1.165) is 30.8 Å². The highest BCUT2D eigenvalue weighted by Gasteiger charge is 2.24. The number of aromatic nitrogens is 2. The highest BCUT2D eigenvalue weighted by atomic mass is 16.2. The number of benzene rings is 1. The van der Waals surface area contributed by atoms with E-state index in [1.165, 1.54) is 0 Å². The van der Waals surface area contributed by atoms with Gasteiger partial charge >= 0.3 is 0 Å². The van der Waals surface area contributed by atoms with E-state index in [9.17, 15) is 4.79 Å². The van der Waals surface area contributed by atoms with Gasteiger partial charge in [0.1, 0.15) is 0 Å². The van der Waals surface area contributed by atoms with Crippen LogP contribution >= 0.6 is 0 Å². The van der Waals surface area contributed by atoms with Gasteiger partial charge in [0.05, 0.1) is 17.4 Å². The van der Waals surface area contributed by atoms with Gasteiger partial charge in [0.2, 0.25) is 0 Å². The lowest BCUT2D eigenvalue weighted by Gasteiger charge is -2.23. The maximum absolute atomic E-state index is 12.5. The van der Waals surface area contributed by atoms with Gasteiger partial charge in [0.15, 0.2) is 0 Å². The molecule has 1 aliphatic rings. The molecule has 1 N–H and O–H groups in total. The van der Waals surface area contributed by atoms with Crippen LogP contribution in [0.5, 0.6) is 0 Å². The fourth-order valence-corrected chi connectivity index (χ4v) is 2.72. The SMILES string of the molecule is Cc1ccccc1-n1cc(C(=O)N(C)[C@@H]2CCNC2)cn1. The smallest absolute Gasteiger partial charge is 0.257 e. The highest BCUT2D eigenvalue weighted by molar-refractivity contribution is 5.93. The van der Waals surface area contributed by atoms with Crippen molar-refractivity contribution in [2.24, 2.45) is 0 Å². The van der Waals surface area contributed by atoms with Crippen LogP contribution in [-0.4, -0.2) is 46.8 Å². The van der Waals surface area contributed by atoms with Crippen LogP contribution in [0.3, 0.4) is 0 Å². The minimum absolute atomic E-state index is 0.0311. The second-order valence-electron chi connectivity index (χ2n) is 5.52. The first-order valence-electron chi connectivity index (χ1n) is 7.25. The highest BCUT2D eigenvalue weighted by Crippen LogP contribution is 2.15. The lowest BCUT2D eigenvalue weighted by Crippen LogP contribution is -2.38. The molecule has 1 fully saturated rings. The van der Waals surface area contributed by atoms with Gasteiger partial charge in [-0.2, -0.15) is 5.10 Å². The van der Waals surface area contributed by atoms with Gasteiger partial charge in [0.25, 0.3) is 5.91 Å². The molecular weight excluding hydrogens is 264 g/mol. The summed E-state index contributed by atoms with van der Waals surface area (Å²) < 4.78 is 1.77. The van der Waals surface area contributed by atoms with Crippen LogP contribution in [0.2, 0.25) is 0 Å². The first-order valence-corrected chi connectivity index (χ1v) is 7.25.